The zero-order valence-corrected chi connectivity index (χ0v) is 14.4. The Morgan fingerprint density at radius 3 is 2.60 bits per heavy atom. The topological polar surface area (TPSA) is 44.8 Å². The Labute approximate surface area is 148 Å². The highest BCUT2D eigenvalue weighted by molar-refractivity contribution is 5.97. The number of benzene rings is 2. The Morgan fingerprint density at radius 1 is 1.08 bits per heavy atom. The zero-order valence-electron chi connectivity index (χ0n) is 14.4. The normalized spacial score (nSPS) is 20.6. The van der Waals surface area contributed by atoms with E-state index in [1.165, 1.54) is 11.3 Å². The molecule has 0 saturated carbocycles. The summed E-state index contributed by atoms with van der Waals surface area (Å²) in [6, 6.07) is 16.6. The van der Waals surface area contributed by atoms with Gasteiger partial charge in [0.2, 0.25) is 0 Å². The van der Waals surface area contributed by atoms with Crippen molar-refractivity contribution in [1.29, 1.82) is 0 Å². The van der Waals surface area contributed by atoms with Crippen molar-refractivity contribution in [2.45, 2.75) is 19.6 Å². The van der Waals surface area contributed by atoms with Gasteiger partial charge in [0.05, 0.1) is 5.69 Å². The average Bonchev–Trinajstić information content (AvgIpc) is 2.64. The van der Waals surface area contributed by atoms with Crippen molar-refractivity contribution in [2.24, 2.45) is 0 Å². The second-order valence-electron chi connectivity index (χ2n) is 6.68. The number of fused-ring (bicyclic) bond motifs is 1. The van der Waals surface area contributed by atoms with Crippen LogP contribution in [0.25, 0.3) is 0 Å². The van der Waals surface area contributed by atoms with E-state index in [0.29, 0.717) is 0 Å². The van der Waals surface area contributed by atoms with Gasteiger partial charge in [0.1, 0.15) is 5.75 Å². The minimum atomic E-state index is -0.433. The molecule has 1 saturated heterocycles. The summed E-state index contributed by atoms with van der Waals surface area (Å²) in [4.78, 5) is 16.6. The smallest absolute Gasteiger partial charge is 0.265 e. The quantitative estimate of drug-likeness (QED) is 0.935. The highest BCUT2D eigenvalue weighted by Crippen LogP contribution is 2.31. The standard InChI is InChI=1S/C20H23N3O2/c1-15-20(24)21-18-8-7-16(13-19(18)25-15)14-22-9-11-23(12-10-22)17-5-3-2-4-6-17/h2-8,13,15H,9-12,14H2,1H3,(H,21,24). The number of piperazine rings is 1. The number of hydrogen-bond acceptors (Lipinski definition) is 4. The summed E-state index contributed by atoms with van der Waals surface area (Å²) in [6.07, 6.45) is -0.433. The van der Waals surface area contributed by atoms with Gasteiger partial charge in [0.25, 0.3) is 5.91 Å². The number of nitrogens with one attached hydrogen (secondary N) is 1. The molecule has 0 spiro atoms. The molecule has 0 aliphatic carbocycles. The maximum absolute atomic E-state index is 11.7. The van der Waals surface area contributed by atoms with Crippen molar-refractivity contribution in [3.05, 3.63) is 54.1 Å². The van der Waals surface area contributed by atoms with Crippen LogP contribution in [0.2, 0.25) is 0 Å². The monoisotopic (exact) mass is 337 g/mol. The van der Waals surface area contributed by atoms with Crippen LogP contribution in [0.4, 0.5) is 11.4 Å². The van der Waals surface area contributed by atoms with Gasteiger partial charge in [0.15, 0.2) is 6.10 Å². The summed E-state index contributed by atoms with van der Waals surface area (Å²) in [6.45, 7) is 6.84. The van der Waals surface area contributed by atoms with Gasteiger partial charge in [0, 0.05) is 38.4 Å². The van der Waals surface area contributed by atoms with E-state index in [-0.39, 0.29) is 5.91 Å². The predicted molar refractivity (Wildman–Crippen MR) is 99.1 cm³/mol. The SMILES string of the molecule is CC1Oc2cc(CN3CCN(c4ccccc4)CC3)ccc2NC1=O. The van der Waals surface area contributed by atoms with E-state index in [1.807, 2.05) is 6.07 Å². The average molecular weight is 337 g/mol. The largest absolute Gasteiger partial charge is 0.479 e. The third-order valence-electron chi connectivity index (χ3n) is 4.88. The number of nitrogens with zero attached hydrogens (tertiary/aromatic N) is 2. The molecule has 5 heteroatoms. The minimum Gasteiger partial charge on any atom is -0.479 e. The van der Waals surface area contributed by atoms with Crippen LogP contribution in [0.15, 0.2) is 48.5 Å². The number of para-hydroxylation sites is 1. The van der Waals surface area contributed by atoms with E-state index in [1.54, 1.807) is 6.92 Å². The molecule has 2 aliphatic heterocycles. The van der Waals surface area contributed by atoms with E-state index in [2.05, 4.69) is 57.6 Å². The van der Waals surface area contributed by atoms with Crippen molar-refractivity contribution in [2.75, 3.05) is 36.4 Å². The Hall–Kier alpha value is -2.53. The van der Waals surface area contributed by atoms with Gasteiger partial charge < -0.3 is 15.0 Å². The van der Waals surface area contributed by atoms with Crippen molar-refractivity contribution >= 4 is 17.3 Å². The molecule has 1 atom stereocenters. The summed E-state index contributed by atoms with van der Waals surface area (Å²) in [5.74, 6) is 0.685. The lowest BCUT2D eigenvalue weighted by molar-refractivity contribution is -0.122. The van der Waals surface area contributed by atoms with Crippen LogP contribution in [0, 0.1) is 0 Å². The first-order valence-electron chi connectivity index (χ1n) is 8.82. The van der Waals surface area contributed by atoms with E-state index in [4.69, 9.17) is 4.74 Å². The second-order valence-corrected chi connectivity index (χ2v) is 6.68. The fourth-order valence-electron chi connectivity index (χ4n) is 3.41. The van der Waals surface area contributed by atoms with Crippen LogP contribution >= 0.6 is 0 Å². The molecule has 2 heterocycles. The molecule has 0 aromatic heterocycles. The Balaban J connectivity index is 1.38. The van der Waals surface area contributed by atoms with Crippen LogP contribution < -0.4 is 15.0 Å². The van der Waals surface area contributed by atoms with Crippen LogP contribution in [0.3, 0.4) is 0 Å². The number of amides is 1. The molecule has 0 radical (unpaired) electrons. The first kappa shape index (κ1) is 16.0. The molecule has 130 valence electrons. The maximum Gasteiger partial charge on any atom is 0.265 e. The summed E-state index contributed by atoms with van der Waals surface area (Å²) in [5.41, 5.74) is 3.28. The van der Waals surface area contributed by atoms with Crippen LogP contribution in [0.1, 0.15) is 12.5 Å². The van der Waals surface area contributed by atoms with Crippen molar-refractivity contribution in [3.63, 3.8) is 0 Å². The number of anilines is 2. The van der Waals surface area contributed by atoms with E-state index >= 15 is 0 Å². The lowest BCUT2D eigenvalue weighted by atomic mass is 10.1. The molecule has 25 heavy (non-hydrogen) atoms. The Bertz CT molecular complexity index is 755. The Morgan fingerprint density at radius 2 is 1.84 bits per heavy atom. The van der Waals surface area contributed by atoms with Gasteiger partial charge in [-0.2, -0.15) is 0 Å². The van der Waals surface area contributed by atoms with Gasteiger partial charge in [-0.1, -0.05) is 24.3 Å². The first-order chi connectivity index (χ1) is 12.2. The molecule has 2 aliphatic rings. The molecule has 4 rings (SSSR count). The molecule has 1 N–H and O–H groups in total. The number of carbonyl (C=O) groups is 1. The summed E-state index contributed by atoms with van der Waals surface area (Å²) in [5, 5.41) is 2.88. The second kappa shape index (κ2) is 6.76. The minimum absolute atomic E-state index is 0.0858. The zero-order chi connectivity index (χ0) is 17.2. The van der Waals surface area contributed by atoms with Gasteiger partial charge >= 0.3 is 0 Å². The van der Waals surface area contributed by atoms with Crippen molar-refractivity contribution < 1.29 is 9.53 Å². The fraction of sp³-hybridized carbons (Fsp3) is 0.350. The highest BCUT2D eigenvalue weighted by atomic mass is 16.5. The molecule has 1 unspecified atom stereocenters. The van der Waals surface area contributed by atoms with E-state index < -0.39 is 6.10 Å². The third-order valence-corrected chi connectivity index (χ3v) is 4.88. The molecule has 1 fully saturated rings. The summed E-state index contributed by atoms with van der Waals surface area (Å²) in [7, 11) is 0. The van der Waals surface area contributed by atoms with Crippen LogP contribution in [0.5, 0.6) is 5.75 Å². The molecular weight excluding hydrogens is 314 g/mol. The lowest BCUT2D eigenvalue weighted by Gasteiger charge is -2.36. The van der Waals surface area contributed by atoms with Gasteiger partial charge in [-0.15, -0.1) is 0 Å². The van der Waals surface area contributed by atoms with E-state index in [9.17, 15) is 4.79 Å². The molecule has 0 bridgehead atoms. The molecule has 2 aromatic rings. The number of hydrogen-bond donors (Lipinski definition) is 1. The van der Waals surface area contributed by atoms with Crippen molar-refractivity contribution in [1.82, 2.24) is 4.90 Å². The summed E-state index contributed by atoms with van der Waals surface area (Å²) < 4.78 is 5.71. The van der Waals surface area contributed by atoms with Crippen molar-refractivity contribution in [3.8, 4) is 5.75 Å². The maximum atomic E-state index is 11.7. The molecule has 2 aromatic carbocycles. The number of rotatable bonds is 3. The lowest BCUT2D eigenvalue weighted by Crippen LogP contribution is -2.46. The van der Waals surface area contributed by atoms with Gasteiger partial charge in [-0.3, -0.25) is 9.69 Å². The fourth-order valence-corrected chi connectivity index (χ4v) is 3.41. The third kappa shape index (κ3) is 3.46. The van der Waals surface area contributed by atoms with E-state index in [0.717, 1.165) is 44.2 Å². The number of ether oxygens (including phenoxy) is 1. The predicted octanol–water partition coefficient (Wildman–Crippen LogP) is 2.73. The number of carbonyl (C=O) groups excluding carboxylic acids is 1. The highest BCUT2D eigenvalue weighted by Gasteiger charge is 2.24. The Kier molecular flexibility index (Phi) is 4.32. The molecular formula is C20H23N3O2. The summed E-state index contributed by atoms with van der Waals surface area (Å²) >= 11 is 0. The van der Waals surface area contributed by atoms with Gasteiger partial charge in [-0.05, 0) is 36.8 Å². The molecule has 1 amide bonds. The molecule has 5 nitrogen and oxygen atoms in total. The van der Waals surface area contributed by atoms with Crippen LogP contribution in [-0.4, -0.2) is 43.1 Å². The van der Waals surface area contributed by atoms with Gasteiger partial charge in [-0.25, -0.2) is 0 Å². The van der Waals surface area contributed by atoms with Crippen LogP contribution in [-0.2, 0) is 11.3 Å². The first-order valence-corrected chi connectivity index (χ1v) is 8.82.